The van der Waals surface area contributed by atoms with Crippen molar-refractivity contribution in [2.75, 3.05) is 33.1 Å². The Labute approximate surface area is 190 Å². The molecule has 1 amide bonds. The SMILES string of the molecule is COc1ccc(-c2csc(NC(=O)CN(C)C(C)c3cc4ccccc4o3)n2)c(OC)c1. The highest BCUT2D eigenvalue weighted by atomic mass is 32.1. The molecule has 1 unspecified atom stereocenters. The number of hydrogen-bond donors (Lipinski definition) is 1. The van der Waals surface area contributed by atoms with E-state index in [-0.39, 0.29) is 18.5 Å². The van der Waals surface area contributed by atoms with Crippen LogP contribution in [-0.2, 0) is 4.79 Å². The van der Waals surface area contributed by atoms with E-state index in [9.17, 15) is 4.79 Å². The number of likely N-dealkylation sites (N-methyl/N-ethyl adjacent to an activating group) is 1. The zero-order chi connectivity index (χ0) is 22.7. The predicted octanol–water partition coefficient (Wildman–Crippen LogP) is 5.21. The number of anilines is 1. The van der Waals surface area contributed by atoms with Crippen molar-refractivity contribution in [1.29, 1.82) is 0 Å². The number of benzene rings is 2. The van der Waals surface area contributed by atoms with Gasteiger partial charge < -0.3 is 19.2 Å². The van der Waals surface area contributed by atoms with E-state index in [4.69, 9.17) is 13.9 Å². The number of amides is 1. The molecule has 2 aromatic carbocycles. The van der Waals surface area contributed by atoms with Gasteiger partial charge in [-0.1, -0.05) is 18.2 Å². The number of aromatic nitrogens is 1. The first-order chi connectivity index (χ1) is 15.5. The van der Waals surface area contributed by atoms with Gasteiger partial charge in [0.05, 0.1) is 32.5 Å². The molecular weight excluding hydrogens is 426 g/mol. The summed E-state index contributed by atoms with van der Waals surface area (Å²) in [6.07, 6.45) is 0. The number of methoxy groups -OCH3 is 2. The molecule has 32 heavy (non-hydrogen) atoms. The second kappa shape index (κ2) is 9.42. The summed E-state index contributed by atoms with van der Waals surface area (Å²) in [5.41, 5.74) is 2.41. The maximum atomic E-state index is 12.6. The third kappa shape index (κ3) is 4.61. The molecule has 4 aromatic rings. The van der Waals surface area contributed by atoms with Gasteiger partial charge in [0, 0.05) is 22.4 Å². The molecule has 2 heterocycles. The molecule has 2 aromatic heterocycles. The quantitative estimate of drug-likeness (QED) is 0.397. The summed E-state index contributed by atoms with van der Waals surface area (Å²) in [6.45, 7) is 2.22. The summed E-state index contributed by atoms with van der Waals surface area (Å²) in [5, 5.41) is 6.36. The lowest BCUT2D eigenvalue weighted by atomic mass is 10.1. The van der Waals surface area contributed by atoms with Crippen molar-refractivity contribution in [3.63, 3.8) is 0 Å². The highest BCUT2D eigenvalue weighted by molar-refractivity contribution is 7.14. The minimum absolute atomic E-state index is 0.0523. The van der Waals surface area contributed by atoms with Gasteiger partial charge in [-0.25, -0.2) is 4.98 Å². The van der Waals surface area contributed by atoms with Crippen LogP contribution in [0.15, 0.2) is 58.3 Å². The first-order valence-corrected chi connectivity index (χ1v) is 11.0. The van der Waals surface area contributed by atoms with Crippen molar-refractivity contribution < 1.29 is 18.7 Å². The van der Waals surface area contributed by atoms with Gasteiger partial charge in [-0.2, -0.15) is 0 Å². The van der Waals surface area contributed by atoms with Crippen LogP contribution in [-0.4, -0.2) is 43.6 Å². The molecule has 0 radical (unpaired) electrons. The highest BCUT2D eigenvalue weighted by Gasteiger charge is 2.19. The van der Waals surface area contributed by atoms with Crippen LogP contribution in [0, 0.1) is 0 Å². The van der Waals surface area contributed by atoms with Gasteiger partial charge in [0.1, 0.15) is 22.8 Å². The number of hydrogen-bond acceptors (Lipinski definition) is 7. The van der Waals surface area contributed by atoms with Gasteiger partial charge in [-0.15, -0.1) is 11.3 Å². The molecule has 0 aliphatic heterocycles. The normalized spacial score (nSPS) is 12.2. The van der Waals surface area contributed by atoms with Crippen molar-refractivity contribution in [1.82, 2.24) is 9.88 Å². The Morgan fingerprint density at radius 3 is 2.75 bits per heavy atom. The second-order valence-corrected chi connectivity index (χ2v) is 8.29. The topological polar surface area (TPSA) is 76.8 Å². The van der Waals surface area contributed by atoms with E-state index >= 15 is 0 Å². The number of ether oxygens (including phenoxy) is 2. The Morgan fingerprint density at radius 2 is 2.00 bits per heavy atom. The van der Waals surface area contributed by atoms with E-state index in [0.29, 0.717) is 16.6 Å². The Bertz CT molecular complexity index is 1200. The number of carbonyl (C=O) groups excluding carboxylic acids is 1. The number of furan rings is 1. The standard InChI is InChI=1S/C24H25N3O4S/c1-15(21-11-16-7-5-6-8-20(16)31-21)27(2)13-23(28)26-24-25-19(14-32-24)18-10-9-17(29-3)12-22(18)30-4/h5-12,14-15H,13H2,1-4H3,(H,25,26,28). The second-order valence-electron chi connectivity index (χ2n) is 7.43. The van der Waals surface area contributed by atoms with Gasteiger partial charge in [0.25, 0.3) is 0 Å². The van der Waals surface area contributed by atoms with Gasteiger partial charge in [0.2, 0.25) is 5.91 Å². The largest absolute Gasteiger partial charge is 0.497 e. The number of nitrogens with one attached hydrogen (secondary N) is 1. The number of nitrogens with zero attached hydrogens (tertiary/aromatic N) is 2. The smallest absolute Gasteiger partial charge is 0.240 e. The molecule has 0 saturated heterocycles. The number of carbonyl (C=O) groups is 1. The van der Waals surface area contributed by atoms with Crippen molar-refractivity contribution >= 4 is 33.3 Å². The fourth-order valence-electron chi connectivity index (χ4n) is 3.41. The number of para-hydroxylation sites is 1. The summed E-state index contributed by atoms with van der Waals surface area (Å²) in [4.78, 5) is 19.1. The molecule has 1 N–H and O–H groups in total. The van der Waals surface area contributed by atoms with Crippen LogP contribution in [0.2, 0.25) is 0 Å². The third-order valence-electron chi connectivity index (χ3n) is 5.35. The maximum absolute atomic E-state index is 12.6. The maximum Gasteiger partial charge on any atom is 0.240 e. The van der Waals surface area contributed by atoms with E-state index in [1.54, 1.807) is 20.3 Å². The van der Waals surface area contributed by atoms with Crippen LogP contribution in [0.4, 0.5) is 5.13 Å². The van der Waals surface area contributed by atoms with Crippen LogP contribution in [0.1, 0.15) is 18.7 Å². The number of fused-ring (bicyclic) bond motifs is 1. The summed E-state index contributed by atoms with van der Waals surface area (Å²) >= 11 is 1.37. The van der Waals surface area contributed by atoms with Crippen LogP contribution in [0.3, 0.4) is 0 Å². The minimum Gasteiger partial charge on any atom is -0.497 e. The fourth-order valence-corrected chi connectivity index (χ4v) is 4.14. The monoisotopic (exact) mass is 451 g/mol. The van der Waals surface area contributed by atoms with Gasteiger partial charge in [0.15, 0.2) is 5.13 Å². The molecule has 166 valence electrons. The number of thiazole rings is 1. The molecule has 0 fully saturated rings. The molecular formula is C24H25N3O4S. The molecule has 0 aliphatic carbocycles. The van der Waals surface area contributed by atoms with Crippen molar-refractivity contribution in [3.8, 4) is 22.8 Å². The molecule has 0 aliphatic rings. The van der Waals surface area contributed by atoms with Crippen LogP contribution in [0.5, 0.6) is 11.5 Å². The summed E-state index contributed by atoms with van der Waals surface area (Å²) in [6, 6.07) is 15.4. The Kier molecular flexibility index (Phi) is 6.43. The lowest BCUT2D eigenvalue weighted by Crippen LogP contribution is -2.32. The first-order valence-electron chi connectivity index (χ1n) is 10.1. The molecule has 8 heteroatoms. The van der Waals surface area contributed by atoms with E-state index in [1.807, 2.05) is 66.7 Å². The molecule has 4 rings (SSSR count). The molecule has 0 bridgehead atoms. The van der Waals surface area contributed by atoms with Crippen molar-refractivity contribution in [2.45, 2.75) is 13.0 Å². The summed E-state index contributed by atoms with van der Waals surface area (Å²) in [5.74, 6) is 2.05. The molecule has 0 saturated carbocycles. The molecule has 0 spiro atoms. The minimum atomic E-state index is -0.141. The van der Waals surface area contributed by atoms with E-state index < -0.39 is 0 Å². The number of rotatable bonds is 8. The van der Waals surface area contributed by atoms with E-state index in [0.717, 1.165) is 28.0 Å². The molecule has 1 atom stereocenters. The van der Waals surface area contributed by atoms with Crippen molar-refractivity contribution in [3.05, 3.63) is 59.7 Å². The average molecular weight is 452 g/mol. The van der Waals surface area contributed by atoms with E-state index in [2.05, 4.69) is 10.3 Å². The van der Waals surface area contributed by atoms with Crippen molar-refractivity contribution in [2.24, 2.45) is 0 Å². The summed E-state index contributed by atoms with van der Waals surface area (Å²) in [7, 11) is 5.11. The highest BCUT2D eigenvalue weighted by Crippen LogP contribution is 2.35. The Morgan fingerprint density at radius 1 is 1.19 bits per heavy atom. The summed E-state index contributed by atoms with van der Waals surface area (Å²) < 4.78 is 16.6. The van der Waals surface area contributed by atoms with Gasteiger partial charge in [-0.3, -0.25) is 9.69 Å². The fraction of sp³-hybridized carbons (Fsp3) is 0.250. The lowest BCUT2D eigenvalue weighted by Gasteiger charge is -2.21. The Balaban J connectivity index is 1.41. The first kappa shape index (κ1) is 21.9. The van der Waals surface area contributed by atoms with Gasteiger partial charge >= 0.3 is 0 Å². The van der Waals surface area contributed by atoms with Crippen LogP contribution < -0.4 is 14.8 Å². The zero-order valence-electron chi connectivity index (χ0n) is 18.4. The third-order valence-corrected chi connectivity index (χ3v) is 6.10. The average Bonchev–Trinajstić information content (AvgIpc) is 3.44. The van der Waals surface area contributed by atoms with E-state index in [1.165, 1.54) is 11.3 Å². The lowest BCUT2D eigenvalue weighted by molar-refractivity contribution is -0.117. The van der Waals surface area contributed by atoms with Crippen LogP contribution in [0.25, 0.3) is 22.2 Å². The zero-order valence-corrected chi connectivity index (χ0v) is 19.2. The van der Waals surface area contributed by atoms with Gasteiger partial charge in [-0.05, 0) is 38.2 Å². The molecule has 7 nitrogen and oxygen atoms in total. The Hall–Kier alpha value is -3.36. The predicted molar refractivity (Wildman–Crippen MR) is 127 cm³/mol. The van der Waals surface area contributed by atoms with Crippen LogP contribution >= 0.6 is 11.3 Å².